The van der Waals surface area contributed by atoms with Gasteiger partial charge in [0, 0.05) is 0 Å². The van der Waals surface area contributed by atoms with Crippen molar-refractivity contribution in [2.45, 2.75) is 13.3 Å². The molecule has 0 saturated carbocycles. The van der Waals surface area contributed by atoms with Crippen LogP contribution in [-0.4, -0.2) is 0 Å². The van der Waals surface area contributed by atoms with Crippen LogP contribution in [0.3, 0.4) is 0 Å². The van der Waals surface area contributed by atoms with Crippen LogP contribution in [0.4, 0.5) is 0 Å². The van der Waals surface area contributed by atoms with E-state index < -0.39 is 0 Å². The molecule has 1 aliphatic rings. The quantitative estimate of drug-likeness (QED) is 0.159. The van der Waals surface area contributed by atoms with E-state index in [0.717, 1.165) is 6.42 Å². The van der Waals surface area contributed by atoms with Gasteiger partial charge in [-0.05, 0) is 35.4 Å². The Balaban J connectivity index is 0.000000404. The Morgan fingerprint density at radius 2 is 1.41 bits per heavy atom. The minimum Gasteiger partial charge on any atom is -1.00 e. The second-order valence-corrected chi connectivity index (χ2v) is 7.06. The van der Waals surface area contributed by atoms with Crippen molar-refractivity contribution in [3.63, 3.8) is 0 Å². The summed E-state index contributed by atoms with van der Waals surface area (Å²) in [6, 6.07) is 37.3. The molecule has 1 aliphatic carbocycles. The molecule has 0 bridgehead atoms. The van der Waals surface area contributed by atoms with Gasteiger partial charge in [-0.25, -0.2) is 12.1 Å². The number of allylic oxidation sites excluding steroid dienone is 1. The SMILES string of the molecule is C=CC.[Cl-].[Cl-].[Zr+4].[c-]1cccc2c1c1c(c3ccccc32)-c2ccccc2C1.c1cc[cH-]c1. The topological polar surface area (TPSA) is 0 Å². The number of hydrogen-bond acceptors (Lipinski definition) is 0. The molecule has 5 aromatic rings. The van der Waals surface area contributed by atoms with E-state index in [-0.39, 0.29) is 51.0 Å². The van der Waals surface area contributed by atoms with E-state index in [4.69, 9.17) is 0 Å². The van der Waals surface area contributed by atoms with E-state index in [9.17, 15) is 0 Å². The van der Waals surface area contributed by atoms with Gasteiger partial charge in [0.25, 0.3) is 0 Å². The standard InChI is InChI=1S/C21H13.C5H5.C3H6.2ClH.Zr/c1-2-8-15-14(7-1)13-20-18-11-4-3-9-16(18)17-10-5-6-12-19(17)21(15)20;1-2-4-5-3-1;1-3-2;;;/h1-10,12H,13H2;1-5H;3H,1H2,2H3;2*1H;/q2*-1;;;;+4/p-2. The van der Waals surface area contributed by atoms with Crippen LogP contribution in [0.2, 0.25) is 0 Å². The molecule has 158 valence electrons. The van der Waals surface area contributed by atoms with Gasteiger partial charge in [0.2, 0.25) is 0 Å². The van der Waals surface area contributed by atoms with Gasteiger partial charge in [0.1, 0.15) is 0 Å². The van der Waals surface area contributed by atoms with Crippen molar-refractivity contribution in [3.8, 4) is 11.1 Å². The molecule has 5 aromatic carbocycles. The average Bonchev–Trinajstić information content (AvgIpc) is 3.46. The normalized spacial score (nSPS) is 9.91. The fourth-order valence-corrected chi connectivity index (χ4v) is 4.05. The number of hydrogen-bond donors (Lipinski definition) is 0. The fourth-order valence-electron chi connectivity index (χ4n) is 4.05. The van der Waals surface area contributed by atoms with E-state index in [2.05, 4.69) is 73.3 Å². The summed E-state index contributed by atoms with van der Waals surface area (Å²) in [7, 11) is 0. The maximum Gasteiger partial charge on any atom is 4.00 e. The zero-order chi connectivity index (χ0) is 20.1. The van der Waals surface area contributed by atoms with Crippen LogP contribution in [0.1, 0.15) is 18.1 Å². The van der Waals surface area contributed by atoms with Crippen molar-refractivity contribution in [2.24, 2.45) is 0 Å². The van der Waals surface area contributed by atoms with Crippen molar-refractivity contribution < 1.29 is 51.0 Å². The van der Waals surface area contributed by atoms with Crippen molar-refractivity contribution in [3.05, 3.63) is 127 Å². The third-order valence-corrected chi connectivity index (χ3v) is 5.16. The largest absolute Gasteiger partial charge is 4.00 e. The molecule has 0 amide bonds. The molecular weight excluding hydrogens is 510 g/mol. The summed E-state index contributed by atoms with van der Waals surface area (Å²) in [6.45, 7) is 5.25. The predicted molar refractivity (Wildman–Crippen MR) is 126 cm³/mol. The molecule has 32 heavy (non-hydrogen) atoms. The Hall–Kier alpha value is -2.05. The summed E-state index contributed by atoms with van der Waals surface area (Å²) in [5.74, 6) is 0. The van der Waals surface area contributed by atoms with Crippen LogP contribution in [0.15, 0.2) is 110 Å². The monoisotopic (exact) mass is 532 g/mol. The van der Waals surface area contributed by atoms with Gasteiger partial charge in [0.15, 0.2) is 0 Å². The Morgan fingerprint density at radius 1 is 0.812 bits per heavy atom. The summed E-state index contributed by atoms with van der Waals surface area (Å²) in [5, 5.41) is 5.30. The molecule has 0 aromatic heterocycles. The molecule has 0 spiro atoms. The molecule has 0 unspecified atom stereocenters. The summed E-state index contributed by atoms with van der Waals surface area (Å²) in [5.41, 5.74) is 5.67. The molecule has 0 N–H and O–H groups in total. The van der Waals surface area contributed by atoms with Crippen LogP contribution >= 0.6 is 0 Å². The van der Waals surface area contributed by atoms with Crippen LogP contribution in [-0.2, 0) is 32.6 Å². The maximum absolute atomic E-state index is 3.48. The van der Waals surface area contributed by atoms with E-state index in [1.54, 1.807) is 6.08 Å². The van der Waals surface area contributed by atoms with E-state index in [0.29, 0.717) is 0 Å². The summed E-state index contributed by atoms with van der Waals surface area (Å²) in [6.07, 6.45) is 2.77. The molecule has 6 rings (SSSR count). The predicted octanol–water partition coefficient (Wildman–Crippen LogP) is 1.97. The smallest absolute Gasteiger partial charge is 1.00 e. The van der Waals surface area contributed by atoms with Crippen LogP contribution < -0.4 is 24.8 Å². The van der Waals surface area contributed by atoms with Gasteiger partial charge in [-0.1, -0.05) is 60.0 Å². The first-order valence-electron chi connectivity index (χ1n) is 10.0. The minimum atomic E-state index is 0. The van der Waals surface area contributed by atoms with Crippen molar-refractivity contribution in [1.29, 1.82) is 0 Å². The van der Waals surface area contributed by atoms with E-state index in [1.165, 1.54) is 43.8 Å². The molecule has 3 heteroatoms. The zero-order valence-electron chi connectivity index (χ0n) is 18.0. The first-order valence-corrected chi connectivity index (χ1v) is 10.0. The van der Waals surface area contributed by atoms with Crippen LogP contribution in [0.5, 0.6) is 0 Å². The third kappa shape index (κ3) is 5.65. The first kappa shape index (κ1) is 28.0. The van der Waals surface area contributed by atoms with E-state index >= 15 is 0 Å². The molecular formula is C29H24Cl2Zr. The molecule has 0 radical (unpaired) electrons. The first-order chi connectivity index (χ1) is 14.3. The number of benzene rings is 4. The Labute approximate surface area is 222 Å². The third-order valence-electron chi connectivity index (χ3n) is 5.16. The minimum absolute atomic E-state index is 0. The van der Waals surface area contributed by atoms with Crippen LogP contribution in [0, 0.1) is 6.07 Å². The summed E-state index contributed by atoms with van der Waals surface area (Å²) < 4.78 is 0. The van der Waals surface area contributed by atoms with Gasteiger partial charge in [-0.2, -0.15) is 18.2 Å². The Kier molecular flexibility index (Phi) is 11.8. The molecule has 0 fully saturated rings. The van der Waals surface area contributed by atoms with Crippen LogP contribution in [0.25, 0.3) is 32.7 Å². The van der Waals surface area contributed by atoms with Crippen molar-refractivity contribution >= 4 is 21.5 Å². The number of fused-ring (bicyclic) bond motifs is 8. The molecule has 0 heterocycles. The molecule has 0 nitrogen and oxygen atoms in total. The fraction of sp³-hybridized carbons (Fsp3) is 0.0690. The summed E-state index contributed by atoms with van der Waals surface area (Å²) in [4.78, 5) is 0. The average molecular weight is 535 g/mol. The molecule has 0 atom stereocenters. The Bertz CT molecular complexity index is 1240. The van der Waals surface area contributed by atoms with Gasteiger partial charge in [0.05, 0.1) is 0 Å². The van der Waals surface area contributed by atoms with Gasteiger partial charge in [-0.15, -0.1) is 47.2 Å². The van der Waals surface area contributed by atoms with Gasteiger partial charge >= 0.3 is 26.2 Å². The second kappa shape index (κ2) is 13.5. The zero-order valence-corrected chi connectivity index (χ0v) is 22.0. The number of rotatable bonds is 0. The van der Waals surface area contributed by atoms with Gasteiger partial charge < -0.3 is 24.8 Å². The second-order valence-electron chi connectivity index (χ2n) is 7.06. The molecule has 0 aliphatic heterocycles. The number of halogens is 2. The van der Waals surface area contributed by atoms with Crippen molar-refractivity contribution in [1.82, 2.24) is 0 Å². The Morgan fingerprint density at radius 3 is 2.06 bits per heavy atom. The molecule has 0 saturated heterocycles. The van der Waals surface area contributed by atoms with Gasteiger partial charge in [-0.3, -0.25) is 0 Å². The maximum atomic E-state index is 3.48. The van der Waals surface area contributed by atoms with Crippen molar-refractivity contribution in [2.75, 3.05) is 0 Å². The van der Waals surface area contributed by atoms with E-state index in [1.807, 2.05) is 43.3 Å². The summed E-state index contributed by atoms with van der Waals surface area (Å²) >= 11 is 0.